The van der Waals surface area contributed by atoms with Crippen LogP contribution in [0.5, 0.6) is 0 Å². The Morgan fingerprint density at radius 2 is 1.69 bits per heavy atom. The van der Waals surface area contributed by atoms with Gasteiger partial charge in [0.2, 0.25) is 0 Å². The Labute approximate surface area is 215 Å². The fraction of sp³-hybridized carbons (Fsp3) is 0.867. The van der Waals surface area contributed by atoms with Crippen molar-refractivity contribution in [1.29, 1.82) is 5.26 Å². The zero-order valence-corrected chi connectivity index (χ0v) is 23.9. The van der Waals surface area contributed by atoms with E-state index in [1.807, 2.05) is 47.6 Å². The van der Waals surface area contributed by atoms with Crippen molar-refractivity contribution >= 4 is 5.78 Å². The molecule has 1 heterocycles. The van der Waals surface area contributed by atoms with Gasteiger partial charge in [-0.05, 0) is 92.3 Å². The Morgan fingerprint density at radius 1 is 1.00 bits per heavy atom. The average Bonchev–Trinajstić information content (AvgIpc) is 3.50. The van der Waals surface area contributed by atoms with E-state index in [4.69, 9.17) is 5.26 Å². The predicted molar refractivity (Wildman–Crippen MR) is 144 cm³/mol. The molecule has 4 fully saturated rings. The SMILES string of the molecule is CC.CC.CC.CC1CCC2C(CCC3C2CCC2(C)C(C(=O)Cn4ncc(C#N)n4)CCC32)C1. The maximum absolute atomic E-state index is 13.2. The van der Waals surface area contributed by atoms with Gasteiger partial charge in [-0.15, -0.1) is 5.10 Å². The molecule has 4 aliphatic rings. The number of carbonyl (C=O) groups excluding carboxylic acids is 1. The highest BCUT2D eigenvalue weighted by atomic mass is 16.1. The molecule has 8 unspecified atom stereocenters. The fourth-order valence-electron chi connectivity index (χ4n) is 8.29. The summed E-state index contributed by atoms with van der Waals surface area (Å²) in [6.07, 6.45) is 13.4. The highest BCUT2D eigenvalue weighted by molar-refractivity contribution is 5.82. The van der Waals surface area contributed by atoms with E-state index < -0.39 is 0 Å². The first-order valence-electron chi connectivity index (χ1n) is 14.8. The van der Waals surface area contributed by atoms with Crippen LogP contribution < -0.4 is 0 Å². The monoisotopic (exact) mass is 484 g/mol. The van der Waals surface area contributed by atoms with Crippen molar-refractivity contribution in [3.05, 3.63) is 11.9 Å². The molecule has 1 aromatic heterocycles. The lowest BCUT2D eigenvalue weighted by Gasteiger charge is -2.56. The van der Waals surface area contributed by atoms with E-state index in [1.54, 1.807) is 0 Å². The summed E-state index contributed by atoms with van der Waals surface area (Å²) in [5, 5.41) is 17.2. The van der Waals surface area contributed by atoms with Crippen molar-refractivity contribution in [3.63, 3.8) is 0 Å². The fourth-order valence-corrected chi connectivity index (χ4v) is 8.29. The minimum Gasteiger partial charge on any atom is -0.297 e. The molecular weight excluding hydrogens is 432 g/mol. The Morgan fingerprint density at radius 3 is 2.34 bits per heavy atom. The van der Waals surface area contributed by atoms with Crippen LogP contribution in [0.1, 0.15) is 119 Å². The second-order valence-electron chi connectivity index (χ2n) is 10.9. The third-order valence-corrected chi connectivity index (χ3v) is 9.55. The van der Waals surface area contributed by atoms with Crippen LogP contribution in [0.2, 0.25) is 0 Å². The van der Waals surface area contributed by atoms with Gasteiger partial charge in [0.05, 0.1) is 6.20 Å². The average molecular weight is 485 g/mol. The summed E-state index contributed by atoms with van der Waals surface area (Å²) < 4.78 is 0. The van der Waals surface area contributed by atoms with Crippen molar-refractivity contribution in [2.24, 2.45) is 46.8 Å². The molecule has 35 heavy (non-hydrogen) atoms. The first-order chi connectivity index (χ1) is 17.0. The van der Waals surface area contributed by atoms with Gasteiger partial charge in [-0.3, -0.25) is 4.79 Å². The van der Waals surface area contributed by atoms with Gasteiger partial charge in [0.1, 0.15) is 12.6 Å². The van der Waals surface area contributed by atoms with Gasteiger partial charge in [-0.1, -0.05) is 61.8 Å². The van der Waals surface area contributed by atoms with Crippen molar-refractivity contribution in [2.75, 3.05) is 0 Å². The second kappa shape index (κ2) is 13.6. The Bertz CT molecular complexity index is 827. The minimum absolute atomic E-state index is 0.133. The lowest BCUT2D eigenvalue weighted by atomic mass is 9.49. The van der Waals surface area contributed by atoms with E-state index in [-0.39, 0.29) is 29.4 Å². The van der Waals surface area contributed by atoms with Crippen LogP contribution in [0.15, 0.2) is 6.20 Å². The summed E-state index contributed by atoms with van der Waals surface area (Å²) in [4.78, 5) is 14.6. The summed E-state index contributed by atoms with van der Waals surface area (Å²) in [7, 11) is 0. The molecule has 1 aromatic rings. The van der Waals surface area contributed by atoms with E-state index in [0.29, 0.717) is 0 Å². The molecule has 0 N–H and O–H groups in total. The molecule has 5 heteroatoms. The summed E-state index contributed by atoms with van der Waals surface area (Å²) in [6.45, 7) is 17.1. The minimum atomic E-state index is 0.133. The third kappa shape index (κ3) is 6.00. The van der Waals surface area contributed by atoms with E-state index in [2.05, 4.69) is 24.0 Å². The number of fused-ring (bicyclic) bond motifs is 5. The molecule has 4 aliphatic carbocycles. The summed E-state index contributed by atoms with van der Waals surface area (Å²) in [5.41, 5.74) is 0.436. The molecule has 0 spiro atoms. The number of carbonyl (C=O) groups is 1. The number of ketones is 1. The number of hydrogen-bond donors (Lipinski definition) is 0. The van der Waals surface area contributed by atoms with Crippen LogP contribution >= 0.6 is 0 Å². The van der Waals surface area contributed by atoms with Crippen molar-refractivity contribution in [2.45, 2.75) is 120 Å². The predicted octanol–water partition coefficient (Wildman–Crippen LogP) is 7.70. The first kappa shape index (κ1) is 29.5. The normalized spacial score (nSPS) is 36.7. The van der Waals surface area contributed by atoms with Crippen LogP contribution in [-0.2, 0) is 11.3 Å². The lowest BCUT2D eigenvalue weighted by molar-refractivity contribution is -0.131. The maximum Gasteiger partial charge on any atom is 0.182 e. The van der Waals surface area contributed by atoms with Crippen LogP contribution in [-0.4, -0.2) is 20.8 Å². The maximum atomic E-state index is 13.2. The van der Waals surface area contributed by atoms with Crippen LogP contribution in [0, 0.1) is 58.2 Å². The topological polar surface area (TPSA) is 71.6 Å². The molecule has 5 nitrogen and oxygen atoms in total. The van der Waals surface area contributed by atoms with Crippen LogP contribution in [0.4, 0.5) is 0 Å². The number of hydrogen-bond acceptors (Lipinski definition) is 4. The van der Waals surface area contributed by atoms with Gasteiger partial charge in [0.15, 0.2) is 11.5 Å². The standard InChI is InChI=1S/C24H34N4O.3C2H6/c1-15-3-5-18-16(11-15)4-6-20-19(18)9-10-24(2)21(20)7-8-22(24)23(29)14-28-26-13-17(12-25)27-28;3*1-2/h13,15-16,18-22H,3-11,14H2,1-2H3;3*1-2H3. The molecule has 5 rings (SSSR count). The van der Waals surface area contributed by atoms with Crippen LogP contribution in [0.25, 0.3) is 0 Å². The molecule has 8 atom stereocenters. The quantitative estimate of drug-likeness (QED) is 0.440. The number of nitrogens with zero attached hydrogens (tertiary/aromatic N) is 4. The Hall–Kier alpha value is -1.70. The van der Waals surface area contributed by atoms with Crippen molar-refractivity contribution < 1.29 is 4.79 Å². The van der Waals surface area contributed by atoms with E-state index in [0.717, 1.165) is 41.9 Å². The Kier molecular flexibility index (Phi) is 11.4. The third-order valence-electron chi connectivity index (χ3n) is 9.55. The van der Waals surface area contributed by atoms with Gasteiger partial charge in [0.25, 0.3) is 0 Å². The molecule has 198 valence electrons. The molecule has 0 bridgehead atoms. The molecule has 4 saturated carbocycles. The molecule has 0 radical (unpaired) electrons. The van der Waals surface area contributed by atoms with Crippen molar-refractivity contribution in [3.8, 4) is 6.07 Å². The number of aromatic nitrogens is 3. The van der Waals surface area contributed by atoms with Crippen LogP contribution in [0.3, 0.4) is 0 Å². The highest BCUT2D eigenvalue weighted by Crippen LogP contribution is 2.64. The van der Waals surface area contributed by atoms with Gasteiger partial charge in [0, 0.05) is 5.92 Å². The first-order valence-corrected chi connectivity index (χ1v) is 14.8. The summed E-state index contributed by atoms with van der Waals surface area (Å²) in [6, 6.07) is 1.99. The molecule has 0 amide bonds. The summed E-state index contributed by atoms with van der Waals surface area (Å²) >= 11 is 0. The zero-order chi connectivity index (χ0) is 26.2. The highest BCUT2D eigenvalue weighted by Gasteiger charge is 2.58. The largest absolute Gasteiger partial charge is 0.297 e. The summed E-state index contributed by atoms with van der Waals surface area (Å²) in [5.74, 6) is 5.74. The Balaban J connectivity index is 0.000000671. The van der Waals surface area contributed by atoms with Gasteiger partial charge < -0.3 is 0 Å². The number of Topliss-reactive ketones (excluding diaryl/α,β-unsaturated/α-hetero) is 1. The van der Waals surface area contributed by atoms with E-state index in [1.165, 1.54) is 62.4 Å². The van der Waals surface area contributed by atoms with Gasteiger partial charge in [-0.25, -0.2) is 0 Å². The van der Waals surface area contributed by atoms with Gasteiger partial charge in [-0.2, -0.15) is 15.2 Å². The zero-order valence-electron chi connectivity index (χ0n) is 23.9. The van der Waals surface area contributed by atoms with E-state index >= 15 is 0 Å². The number of rotatable bonds is 3. The molecule has 0 saturated heterocycles. The molecular formula is C30H52N4O. The molecule has 0 aromatic carbocycles. The second-order valence-corrected chi connectivity index (χ2v) is 10.9. The van der Waals surface area contributed by atoms with E-state index in [9.17, 15) is 4.79 Å². The van der Waals surface area contributed by atoms with Crippen molar-refractivity contribution in [1.82, 2.24) is 15.0 Å². The van der Waals surface area contributed by atoms with Gasteiger partial charge >= 0.3 is 0 Å². The smallest absolute Gasteiger partial charge is 0.182 e. The number of nitriles is 1. The lowest BCUT2D eigenvalue weighted by Crippen LogP contribution is -2.49. The molecule has 0 aliphatic heterocycles.